The van der Waals surface area contributed by atoms with Crippen LogP contribution < -0.4 is 0 Å². The topological polar surface area (TPSA) is 54.0 Å². The molecule has 5 nitrogen and oxygen atoms in total. The Labute approximate surface area is 98.8 Å². The maximum atomic E-state index is 11.0. The second-order valence-electron chi connectivity index (χ2n) is 3.86. The first-order chi connectivity index (χ1) is 7.72. The molecule has 4 atom stereocenters. The van der Waals surface area contributed by atoms with Crippen molar-refractivity contribution in [2.24, 2.45) is 0 Å². The van der Waals surface area contributed by atoms with Gasteiger partial charge < -0.3 is 18.9 Å². The standard InChI is InChI=1S/C10H16O5S/c1-6(11)16-8-4-14-9-7(15-5-12-2)3-13-10(8)9/h7-10H,3-5H2,1-2H3. The summed E-state index contributed by atoms with van der Waals surface area (Å²) in [6.45, 7) is 2.86. The van der Waals surface area contributed by atoms with E-state index < -0.39 is 0 Å². The molecule has 2 saturated heterocycles. The number of carbonyl (C=O) groups excluding carboxylic acids is 1. The number of ether oxygens (including phenoxy) is 4. The van der Waals surface area contributed by atoms with Crippen molar-refractivity contribution in [3.05, 3.63) is 0 Å². The molecule has 6 heteroatoms. The quantitative estimate of drug-likeness (QED) is 0.672. The maximum absolute atomic E-state index is 11.0. The van der Waals surface area contributed by atoms with Crippen LogP contribution in [0.15, 0.2) is 0 Å². The molecule has 0 aliphatic carbocycles. The predicted molar refractivity (Wildman–Crippen MR) is 58.3 cm³/mol. The molecule has 0 N–H and O–H groups in total. The minimum absolute atomic E-state index is 0.0317. The van der Waals surface area contributed by atoms with E-state index in [1.807, 2.05) is 0 Å². The van der Waals surface area contributed by atoms with E-state index >= 15 is 0 Å². The molecule has 4 unspecified atom stereocenters. The molecule has 2 heterocycles. The SMILES string of the molecule is COCOC1COC2C(SC(C)=O)COC12. The van der Waals surface area contributed by atoms with E-state index in [1.165, 1.54) is 11.8 Å². The van der Waals surface area contributed by atoms with Crippen LogP contribution in [0, 0.1) is 0 Å². The second kappa shape index (κ2) is 5.46. The van der Waals surface area contributed by atoms with Crippen LogP contribution in [0.1, 0.15) is 6.92 Å². The molecule has 0 aromatic carbocycles. The van der Waals surface area contributed by atoms with Crippen molar-refractivity contribution in [3.8, 4) is 0 Å². The van der Waals surface area contributed by atoms with E-state index in [1.54, 1.807) is 14.0 Å². The highest BCUT2D eigenvalue weighted by atomic mass is 32.2. The first-order valence-electron chi connectivity index (χ1n) is 5.23. The zero-order chi connectivity index (χ0) is 11.5. The van der Waals surface area contributed by atoms with Crippen molar-refractivity contribution in [1.29, 1.82) is 0 Å². The van der Waals surface area contributed by atoms with Gasteiger partial charge in [-0.3, -0.25) is 4.79 Å². The number of carbonyl (C=O) groups is 1. The van der Waals surface area contributed by atoms with E-state index in [4.69, 9.17) is 18.9 Å². The van der Waals surface area contributed by atoms with Gasteiger partial charge >= 0.3 is 0 Å². The smallest absolute Gasteiger partial charge is 0.186 e. The molecule has 2 aliphatic heterocycles. The van der Waals surface area contributed by atoms with Crippen molar-refractivity contribution in [2.45, 2.75) is 30.5 Å². The van der Waals surface area contributed by atoms with Crippen LogP contribution in [-0.2, 0) is 23.7 Å². The highest BCUT2D eigenvalue weighted by molar-refractivity contribution is 8.14. The second-order valence-corrected chi connectivity index (χ2v) is 5.27. The minimum Gasteiger partial charge on any atom is -0.371 e. The van der Waals surface area contributed by atoms with Gasteiger partial charge in [-0.05, 0) is 0 Å². The molecule has 0 radical (unpaired) electrons. The van der Waals surface area contributed by atoms with Gasteiger partial charge in [0.25, 0.3) is 0 Å². The van der Waals surface area contributed by atoms with Crippen LogP contribution >= 0.6 is 11.8 Å². The summed E-state index contributed by atoms with van der Waals surface area (Å²) in [5.41, 5.74) is 0. The number of hydrogen-bond acceptors (Lipinski definition) is 6. The van der Waals surface area contributed by atoms with Gasteiger partial charge in [0.2, 0.25) is 0 Å². The molecule has 2 fully saturated rings. The lowest BCUT2D eigenvalue weighted by Gasteiger charge is -2.16. The summed E-state index contributed by atoms with van der Waals surface area (Å²) in [5, 5.41) is 0.192. The first kappa shape index (κ1) is 12.3. The van der Waals surface area contributed by atoms with Crippen molar-refractivity contribution < 1.29 is 23.7 Å². The average molecular weight is 248 g/mol. The van der Waals surface area contributed by atoms with Gasteiger partial charge in [-0.15, -0.1) is 0 Å². The molecule has 0 aromatic rings. The van der Waals surface area contributed by atoms with Crippen LogP contribution in [0.3, 0.4) is 0 Å². The molecule has 2 aliphatic rings. The van der Waals surface area contributed by atoms with Crippen LogP contribution in [0.25, 0.3) is 0 Å². The molecule has 0 bridgehead atoms. The van der Waals surface area contributed by atoms with E-state index in [0.717, 1.165) is 0 Å². The van der Waals surface area contributed by atoms with Crippen molar-refractivity contribution >= 4 is 16.9 Å². The van der Waals surface area contributed by atoms with Crippen LogP contribution in [0.2, 0.25) is 0 Å². The minimum atomic E-state index is -0.0810. The van der Waals surface area contributed by atoms with Crippen molar-refractivity contribution in [2.75, 3.05) is 27.1 Å². The zero-order valence-corrected chi connectivity index (χ0v) is 10.2. The third kappa shape index (κ3) is 2.57. The van der Waals surface area contributed by atoms with Crippen LogP contribution in [0.4, 0.5) is 0 Å². The highest BCUT2D eigenvalue weighted by Crippen LogP contribution is 2.35. The summed E-state index contributed by atoms with van der Waals surface area (Å²) in [6.07, 6.45) is -0.176. The Balaban J connectivity index is 1.87. The number of hydrogen-bond donors (Lipinski definition) is 0. The molecule has 92 valence electrons. The fraction of sp³-hybridized carbons (Fsp3) is 0.900. The Morgan fingerprint density at radius 1 is 1.38 bits per heavy atom. The zero-order valence-electron chi connectivity index (χ0n) is 9.38. The van der Waals surface area contributed by atoms with Crippen LogP contribution in [0.5, 0.6) is 0 Å². The van der Waals surface area contributed by atoms with Gasteiger partial charge in [0.05, 0.1) is 18.5 Å². The maximum Gasteiger partial charge on any atom is 0.186 e. The lowest BCUT2D eigenvalue weighted by Crippen LogP contribution is -2.32. The monoisotopic (exact) mass is 248 g/mol. The summed E-state index contributed by atoms with van der Waals surface area (Å²) in [5.74, 6) is 0. The Bertz CT molecular complexity index is 260. The predicted octanol–water partition coefficient (Wildman–Crippen LogP) is 0.421. The number of thioether (sulfide) groups is 1. The number of rotatable bonds is 4. The fourth-order valence-corrected chi connectivity index (χ4v) is 2.98. The Kier molecular flexibility index (Phi) is 4.21. The van der Waals surface area contributed by atoms with E-state index in [0.29, 0.717) is 13.2 Å². The lowest BCUT2D eigenvalue weighted by atomic mass is 10.1. The normalized spacial score (nSPS) is 37.6. The number of methoxy groups -OCH3 is 1. The largest absolute Gasteiger partial charge is 0.371 e. The van der Waals surface area contributed by atoms with Crippen molar-refractivity contribution in [1.82, 2.24) is 0 Å². The molecule has 16 heavy (non-hydrogen) atoms. The Hall–Kier alpha value is -0.140. The third-order valence-corrected chi connectivity index (χ3v) is 3.72. The van der Waals surface area contributed by atoms with E-state index in [-0.39, 0.29) is 35.5 Å². The molecular weight excluding hydrogens is 232 g/mol. The van der Waals surface area contributed by atoms with Gasteiger partial charge in [-0.1, -0.05) is 11.8 Å². The van der Waals surface area contributed by atoms with Gasteiger partial charge in [0.15, 0.2) is 5.12 Å². The fourth-order valence-electron chi connectivity index (χ4n) is 2.04. The third-order valence-electron chi connectivity index (χ3n) is 2.68. The lowest BCUT2D eigenvalue weighted by molar-refractivity contribution is -0.109. The molecule has 0 amide bonds. The van der Waals surface area contributed by atoms with Crippen molar-refractivity contribution in [3.63, 3.8) is 0 Å². The molecular formula is C10H16O5S. The first-order valence-corrected chi connectivity index (χ1v) is 6.11. The van der Waals surface area contributed by atoms with E-state index in [9.17, 15) is 4.79 Å². The van der Waals surface area contributed by atoms with Gasteiger partial charge in [0.1, 0.15) is 25.1 Å². The van der Waals surface area contributed by atoms with E-state index in [2.05, 4.69) is 0 Å². The summed E-state index contributed by atoms with van der Waals surface area (Å²) in [7, 11) is 1.58. The summed E-state index contributed by atoms with van der Waals surface area (Å²) < 4.78 is 21.5. The molecule has 2 rings (SSSR count). The Morgan fingerprint density at radius 3 is 2.81 bits per heavy atom. The highest BCUT2D eigenvalue weighted by Gasteiger charge is 2.48. The summed E-state index contributed by atoms with van der Waals surface area (Å²) in [6, 6.07) is 0. The van der Waals surface area contributed by atoms with Crippen LogP contribution in [-0.4, -0.2) is 55.8 Å². The number of fused-ring (bicyclic) bond motifs is 1. The van der Waals surface area contributed by atoms with Gasteiger partial charge in [0, 0.05) is 14.0 Å². The molecule has 0 aromatic heterocycles. The summed E-state index contributed by atoms with van der Waals surface area (Å²) >= 11 is 1.29. The van der Waals surface area contributed by atoms with Gasteiger partial charge in [-0.25, -0.2) is 0 Å². The molecule has 0 spiro atoms. The van der Waals surface area contributed by atoms with Gasteiger partial charge in [-0.2, -0.15) is 0 Å². The Morgan fingerprint density at radius 2 is 2.12 bits per heavy atom. The average Bonchev–Trinajstić information content (AvgIpc) is 2.78. The summed E-state index contributed by atoms with van der Waals surface area (Å²) in [4.78, 5) is 11.0. The molecule has 0 saturated carbocycles.